The van der Waals surface area contributed by atoms with Gasteiger partial charge >= 0.3 is 6.09 Å². The molecule has 0 aliphatic carbocycles. The van der Waals surface area contributed by atoms with E-state index in [-0.39, 0.29) is 12.1 Å². The van der Waals surface area contributed by atoms with Gasteiger partial charge in [-0.05, 0) is 64.9 Å². The minimum Gasteiger partial charge on any atom is -0.465 e. The van der Waals surface area contributed by atoms with E-state index in [4.69, 9.17) is 0 Å². The standard InChI is InChI=1S/C9H11I2N3O2/c1-4-2-3-5(14(4)9(15)16)8-12-6(10)7(11)13-8/h4-5H,2-3H2,1H3,(H,12,13)(H,15,16)/t4-,5-/m0/s1. The van der Waals surface area contributed by atoms with Gasteiger partial charge in [0.1, 0.15) is 13.2 Å². The lowest BCUT2D eigenvalue weighted by molar-refractivity contribution is 0.123. The molecule has 7 heteroatoms. The molecular weight excluding hydrogens is 436 g/mol. The van der Waals surface area contributed by atoms with Gasteiger partial charge < -0.3 is 10.1 Å². The molecule has 0 saturated carbocycles. The van der Waals surface area contributed by atoms with E-state index in [0.717, 1.165) is 26.1 Å². The topological polar surface area (TPSA) is 69.2 Å². The summed E-state index contributed by atoms with van der Waals surface area (Å²) in [5, 5.41) is 9.17. The van der Waals surface area contributed by atoms with Crippen molar-refractivity contribution in [1.82, 2.24) is 14.9 Å². The summed E-state index contributed by atoms with van der Waals surface area (Å²) < 4.78 is 1.87. The van der Waals surface area contributed by atoms with Crippen LogP contribution >= 0.6 is 45.2 Å². The van der Waals surface area contributed by atoms with Gasteiger partial charge in [0.15, 0.2) is 0 Å². The molecular formula is C9H11I2N3O2. The lowest BCUT2D eigenvalue weighted by atomic mass is 10.2. The van der Waals surface area contributed by atoms with Crippen LogP contribution in [0.2, 0.25) is 0 Å². The van der Waals surface area contributed by atoms with Crippen LogP contribution in [0.25, 0.3) is 0 Å². The molecule has 0 bridgehead atoms. The van der Waals surface area contributed by atoms with Gasteiger partial charge in [-0.2, -0.15) is 0 Å². The van der Waals surface area contributed by atoms with Crippen LogP contribution < -0.4 is 0 Å². The predicted molar refractivity (Wildman–Crippen MR) is 75.3 cm³/mol. The largest absolute Gasteiger partial charge is 0.465 e. The van der Waals surface area contributed by atoms with Crippen LogP contribution in [0, 0.1) is 7.40 Å². The number of nitrogens with zero attached hydrogens (tertiary/aromatic N) is 2. The summed E-state index contributed by atoms with van der Waals surface area (Å²) in [6.45, 7) is 1.94. The van der Waals surface area contributed by atoms with Crippen LogP contribution in [0.15, 0.2) is 0 Å². The van der Waals surface area contributed by atoms with E-state index in [1.165, 1.54) is 4.90 Å². The molecule has 1 amide bonds. The van der Waals surface area contributed by atoms with Crippen molar-refractivity contribution in [2.75, 3.05) is 0 Å². The smallest absolute Gasteiger partial charge is 0.408 e. The van der Waals surface area contributed by atoms with Gasteiger partial charge in [-0.1, -0.05) is 0 Å². The highest BCUT2D eigenvalue weighted by molar-refractivity contribution is 14.1. The Labute approximate surface area is 120 Å². The van der Waals surface area contributed by atoms with Crippen LogP contribution in [0.1, 0.15) is 31.6 Å². The molecule has 1 aliphatic heterocycles. The van der Waals surface area contributed by atoms with Crippen LogP contribution in [0.5, 0.6) is 0 Å². The molecule has 0 aromatic carbocycles. The fourth-order valence-corrected chi connectivity index (χ4v) is 2.87. The number of carbonyl (C=O) groups is 1. The molecule has 0 unspecified atom stereocenters. The SMILES string of the molecule is C[C@H]1CC[C@@H](c2nc(I)c(I)[nH]2)N1C(=O)O. The van der Waals surface area contributed by atoms with E-state index in [0.29, 0.717) is 0 Å². The number of imidazole rings is 1. The van der Waals surface area contributed by atoms with E-state index in [9.17, 15) is 9.90 Å². The summed E-state index contributed by atoms with van der Waals surface area (Å²) in [5.41, 5.74) is 0. The number of aromatic amines is 1. The molecule has 0 radical (unpaired) electrons. The monoisotopic (exact) mass is 447 g/mol. The number of hydrogen-bond acceptors (Lipinski definition) is 2. The zero-order valence-electron chi connectivity index (χ0n) is 8.57. The predicted octanol–water partition coefficient (Wildman–Crippen LogP) is 2.82. The summed E-state index contributed by atoms with van der Waals surface area (Å²) in [6, 6.07) is -0.0487. The van der Waals surface area contributed by atoms with Gasteiger partial charge in [-0.3, -0.25) is 4.90 Å². The number of nitrogens with one attached hydrogen (secondary N) is 1. The highest BCUT2D eigenvalue weighted by Crippen LogP contribution is 2.35. The maximum Gasteiger partial charge on any atom is 0.408 e. The number of halogens is 2. The molecule has 1 aliphatic rings. The second-order valence-corrected chi connectivity index (χ2v) is 5.96. The molecule has 2 N–H and O–H groups in total. The molecule has 1 aromatic heterocycles. The summed E-state index contributed by atoms with van der Waals surface area (Å²) >= 11 is 4.32. The Kier molecular flexibility index (Phi) is 3.62. The third-order valence-corrected chi connectivity index (χ3v) is 5.44. The molecule has 16 heavy (non-hydrogen) atoms. The van der Waals surface area contributed by atoms with Gasteiger partial charge in [-0.15, -0.1) is 0 Å². The van der Waals surface area contributed by atoms with Crippen molar-refractivity contribution in [2.24, 2.45) is 0 Å². The summed E-state index contributed by atoms with van der Waals surface area (Å²) in [6.07, 6.45) is 0.870. The summed E-state index contributed by atoms with van der Waals surface area (Å²) in [7, 11) is 0. The number of rotatable bonds is 1. The second-order valence-electron chi connectivity index (χ2n) is 3.86. The maximum absolute atomic E-state index is 11.2. The Balaban J connectivity index is 2.30. The number of aromatic nitrogens is 2. The van der Waals surface area contributed by atoms with Crippen molar-refractivity contribution in [1.29, 1.82) is 0 Å². The summed E-state index contributed by atoms with van der Waals surface area (Å²) in [5.74, 6) is 0.764. The molecule has 2 rings (SSSR count). The molecule has 1 aromatic rings. The lowest BCUT2D eigenvalue weighted by Crippen LogP contribution is -2.34. The minimum atomic E-state index is -0.864. The van der Waals surface area contributed by atoms with Crippen molar-refractivity contribution in [3.8, 4) is 0 Å². The third kappa shape index (κ3) is 2.15. The quantitative estimate of drug-likeness (QED) is 0.652. The number of carboxylic acid groups (broad SMARTS) is 1. The fourth-order valence-electron chi connectivity index (χ4n) is 2.08. The first-order chi connectivity index (χ1) is 7.50. The number of H-pyrrole nitrogens is 1. The van der Waals surface area contributed by atoms with Crippen molar-refractivity contribution in [3.05, 3.63) is 13.2 Å². The average molecular weight is 447 g/mol. The lowest BCUT2D eigenvalue weighted by Gasteiger charge is -2.23. The van der Waals surface area contributed by atoms with E-state index in [2.05, 4.69) is 55.1 Å². The van der Waals surface area contributed by atoms with Crippen LogP contribution in [0.4, 0.5) is 4.79 Å². The molecule has 1 saturated heterocycles. The average Bonchev–Trinajstić information content (AvgIpc) is 2.71. The van der Waals surface area contributed by atoms with E-state index in [1.807, 2.05) is 6.92 Å². The van der Waals surface area contributed by atoms with Crippen LogP contribution in [-0.2, 0) is 0 Å². The number of likely N-dealkylation sites (tertiary alicyclic amines) is 1. The zero-order chi connectivity index (χ0) is 11.9. The number of hydrogen-bond donors (Lipinski definition) is 2. The second kappa shape index (κ2) is 4.67. The molecule has 88 valence electrons. The van der Waals surface area contributed by atoms with E-state index in [1.54, 1.807) is 0 Å². The Bertz CT molecular complexity index is 401. The van der Waals surface area contributed by atoms with Gasteiger partial charge in [0.05, 0.1) is 6.04 Å². The molecule has 2 atom stereocenters. The molecule has 1 fully saturated rings. The highest BCUT2D eigenvalue weighted by Gasteiger charge is 2.37. The highest BCUT2D eigenvalue weighted by atomic mass is 127. The summed E-state index contributed by atoms with van der Waals surface area (Å²) in [4.78, 5) is 20.2. The minimum absolute atomic E-state index is 0.0722. The molecule has 2 heterocycles. The van der Waals surface area contributed by atoms with Crippen LogP contribution in [-0.4, -0.2) is 32.1 Å². The fraction of sp³-hybridized carbons (Fsp3) is 0.556. The van der Waals surface area contributed by atoms with E-state index < -0.39 is 6.09 Å². The zero-order valence-corrected chi connectivity index (χ0v) is 12.9. The van der Waals surface area contributed by atoms with Gasteiger partial charge in [0.25, 0.3) is 0 Å². The molecule has 0 spiro atoms. The molecule has 5 nitrogen and oxygen atoms in total. The Morgan fingerprint density at radius 1 is 1.56 bits per heavy atom. The first-order valence-electron chi connectivity index (χ1n) is 4.93. The van der Waals surface area contributed by atoms with Crippen molar-refractivity contribution in [3.63, 3.8) is 0 Å². The number of amides is 1. The normalized spacial score (nSPS) is 25.1. The first-order valence-corrected chi connectivity index (χ1v) is 7.08. The van der Waals surface area contributed by atoms with Gasteiger partial charge in [0, 0.05) is 6.04 Å². The van der Waals surface area contributed by atoms with Crippen molar-refractivity contribution in [2.45, 2.75) is 31.8 Å². The Morgan fingerprint density at radius 3 is 2.75 bits per heavy atom. The Hall–Kier alpha value is -0.0600. The van der Waals surface area contributed by atoms with Gasteiger partial charge in [-0.25, -0.2) is 9.78 Å². The Morgan fingerprint density at radius 2 is 2.25 bits per heavy atom. The van der Waals surface area contributed by atoms with Crippen LogP contribution in [0.3, 0.4) is 0 Å². The third-order valence-electron chi connectivity index (χ3n) is 2.84. The van der Waals surface area contributed by atoms with Crippen molar-refractivity contribution >= 4 is 51.3 Å². The van der Waals surface area contributed by atoms with Gasteiger partial charge in [0.2, 0.25) is 0 Å². The van der Waals surface area contributed by atoms with E-state index >= 15 is 0 Å². The maximum atomic E-state index is 11.2. The van der Waals surface area contributed by atoms with Crippen molar-refractivity contribution < 1.29 is 9.90 Å². The first kappa shape index (κ1) is 12.4.